The summed E-state index contributed by atoms with van der Waals surface area (Å²) in [5.41, 5.74) is 1.17. The first-order valence-electron chi connectivity index (χ1n) is 4.65. The number of hydrogen-bond donors (Lipinski definition) is 1. The molecule has 1 aromatic rings. The van der Waals surface area contributed by atoms with E-state index in [1.165, 1.54) is 17.1 Å². The molecule has 0 saturated carbocycles. The summed E-state index contributed by atoms with van der Waals surface area (Å²) < 4.78 is 5.11. The van der Waals surface area contributed by atoms with Gasteiger partial charge in [0.15, 0.2) is 0 Å². The van der Waals surface area contributed by atoms with Gasteiger partial charge < -0.3 is 10.1 Å². The normalized spacial score (nSPS) is 16.1. The van der Waals surface area contributed by atoms with E-state index >= 15 is 0 Å². The maximum atomic E-state index is 5.11. The molecule has 0 aliphatic carbocycles. The second-order valence-electron chi connectivity index (χ2n) is 3.45. The number of nitrogens with zero attached hydrogens (tertiary/aromatic N) is 1. The summed E-state index contributed by atoms with van der Waals surface area (Å²) in [6, 6.07) is 4.56. The zero-order valence-corrected chi connectivity index (χ0v) is 9.23. The molecule has 1 aromatic heterocycles. The Bertz CT molecular complexity index is 326. The lowest BCUT2D eigenvalue weighted by Gasteiger charge is -2.26. The molecule has 1 aliphatic heterocycles. The SMILES string of the molecule is COc1cc(C)cc(NC2CSC2)n1. The molecule has 1 N–H and O–H groups in total. The molecule has 14 heavy (non-hydrogen) atoms. The third-order valence-electron chi connectivity index (χ3n) is 2.15. The first-order chi connectivity index (χ1) is 6.78. The van der Waals surface area contributed by atoms with E-state index < -0.39 is 0 Å². The third-order valence-corrected chi connectivity index (χ3v) is 3.42. The van der Waals surface area contributed by atoms with Gasteiger partial charge in [-0.25, -0.2) is 0 Å². The van der Waals surface area contributed by atoms with Crippen LogP contribution in [0.3, 0.4) is 0 Å². The standard InChI is InChI=1S/C10H14N2OS/c1-7-3-9(11-8-5-14-6-8)12-10(4-7)13-2/h3-4,8H,5-6H2,1-2H3,(H,11,12). The van der Waals surface area contributed by atoms with Crippen LogP contribution in [0, 0.1) is 6.92 Å². The molecule has 3 nitrogen and oxygen atoms in total. The molecule has 1 saturated heterocycles. The molecule has 0 spiro atoms. The lowest BCUT2D eigenvalue weighted by Crippen LogP contribution is -2.33. The Labute approximate surface area is 88.3 Å². The van der Waals surface area contributed by atoms with Crippen LogP contribution < -0.4 is 10.1 Å². The molecular weight excluding hydrogens is 196 g/mol. The Kier molecular flexibility index (Phi) is 2.82. The van der Waals surface area contributed by atoms with Gasteiger partial charge in [-0.05, 0) is 18.6 Å². The second-order valence-corrected chi connectivity index (χ2v) is 4.53. The van der Waals surface area contributed by atoms with E-state index in [4.69, 9.17) is 4.74 Å². The topological polar surface area (TPSA) is 34.1 Å². The number of aromatic nitrogens is 1. The molecule has 0 amide bonds. The van der Waals surface area contributed by atoms with Crippen LogP contribution >= 0.6 is 11.8 Å². The van der Waals surface area contributed by atoms with Crippen molar-refractivity contribution in [3.63, 3.8) is 0 Å². The van der Waals surface area contributed by atoms with Gasteiger partial charge in [-0.3, -0.25) is 0 Å². The summed E-state index contributed by atoms with van der Waals surface area (Å²) in [6.07, 6.45) is 0. The second kappa shape index (κ2) is 4.09. The molecule has 76 valence electrons. The predicted molar refractivity (Wildman–Crippen MR) is 60.3 cm³/mol. The number of nitrogens with one attached hydrogen (secondary N) is 1. The number of hydrogen-bond acceptors (Lipinski definition) is 4. The zero-order valence-electron chi connectivity index (χ0n) is 8.41. The van der Waals surface area contributed by atoms with Crippen LogP contribution in [0.15, 0.2) is 12.1 Å². The Morgan fingerprint density at radius 3 is 2.86 bits per heavy atom. The van der Waals surface area contributed by atoms with Crippen LogP contribution in [0.25, 0.3) is 0 Å². The largest absolute Gasteiger partial charge is 0.481 e. The van der Waals surface area contributed by atoms with E-state index in [1.807, 2.05) is 30.8 Å². The van der Waals surface area contributed by atoms with Crippen molar-refractivity contribution in [2.45, 2.75) is 13.0 Å². The van der Waals surface area contributed by atoms with E-state index in [-0.39, 0.29) is 0 Å². The minimum Gasteiger partial charge on any atom is -0.481 e. The van der Waals surface area contributed by atoms with Crippen LogP contribution in [0.1, 0.15) is 5.56 Å². The van der Waals surface area contributed by atoms with Crippen LogP contribution in [0.4, 0.5) is 5.82 Å². The quantitative estimate of drug-likeness (QED) is 0.826. The van der Waals surface area contributed by atoms with Gasteiger partial charge in [0.25, 0.3) is 0 Å². The molecule has 1 fully saturated rings. The number of thioether (sulfide) groups is 1. The molecular formula is C10H14N2OS. The number of pyridine rings is 1. The molecule has 2 rings (SSSR count). The lowest BCUT2D eigenvalue weighted by molar-refractivity contribution is 0.398. The van der Waals surface area contributed by atoms with Crippen LogP contribution in [0.2, 0.25) is 0 Å². The van der Waals surface area contributed by atoms with Crippen molar-refractivity contribution in [2.24, 2.45) is 0 Å². The number of rotatable bonds is 3. The highest BCUT2D eigenvalue weighted by molar-refractivity contribution is 8.00. The van der Waals surface area contributed by atoms with Gasteiger partial charge in [-0.1, -0.05) is 0 Å². The highest BCUT2D eigenvalue weighted by Gasteiger charge is 2.18. The number of ether oxygens (including phenoxy) is 1. The van der Waals surface area contributed by atoms with Gasteiger partial charge in [0.2, 0.25) is 5.88 Å². The molecule has 1 aliphatic rings. The molecule has 0 unspecified atom stereocenters. The smallest absolute Gasteiger partial charge is 0.215 e. The molecule has 0 bridgehead atoms. The van der Waals surface area contributed by atoms with Crippen molar-refractivity contribution >= 4 is 17.6 Å². The van der Waals surface area contributed by atoms with E-state index in [9.17, 15) is 0 Å². The fourth-order valence-corrected chi connectivity index (χ4v) is 1.98. The van der Waals surface area contributed by atoms with Gasteiger partial charge in [0.05, 0.1) is 7.11 Å². The van der Waals surface area contributed by atoms with Gasteiger partial charge in [0.1, 0.15) is 5.82 Å². The summed E-state index contributed by atoms with van der Waals surface area (Å²) in [6.45, 7) is 2.05. The summed E-state index contributed by atoms with van der Waals surface area (Å²) >= 11 is 1.96. The van der Waals surface area contributed by atoms with Crippen molar-refractivity contribution in [1.82, 2.24) is 4.98 Å². The van der Waals surface area contributed by atoms with E-state index in [1.54, 1.807) is 7.11 Å². The number of anilines is 1. The van der Waals surface area contributed by atoms with Crippen molar-refractivity contribution in [1.29, 1.82) is 0 Å². The van der Waals surface area contributed by atoms with Gasteiger partial charge >= 0.3 is 0 Å². The molecule has 0 atom stereocenters. The third kappa shape index (κ3) is 2.12. The van der Waals surface area contributed by atoms with Crippen molar-refractivity contribution in [3.8, 4) is 5.88 Å². The predicted octanol–water partition coefficient (Wildman–Crippen LogP) is 1.93. The fraction of sp³-hybridized carbons (Fsp3) is 0.500. The van der Waals surface area contributed by atoms with Crippen LogP contribution in [0.5, 0.6) is 5.88 Å². The Morgan fingerprint density at radius 2 is 2.29 bits per heavy atom. The fourth-order valence-electron chi connectivity index (χ4n) is 1.34. The minimum absolute atomic E-state index is 0.582. The summed E-state index contributed by atoms with van der Waals surface area (Å²) in [7, 11) is 1.64. The van der Waals surface area contributed by atoms with Gasteiger partial charge in [-0.2, -0.15) is 16.7 Å². The van der Waals surface area contributed by atoms with E-state index in [0.717, 1.165) is 5.82 Å². The van der Waals surface area contributed by atoms with Crippen molar-refractivity contribution in [2.75, 3.05) is 23.9 Å². The Morgan fingerprint density at radius 1 is 1.50 bits per heavy atom. The van der Waals surface area contributed by atoms with Crippen LogP contribution in [-0.2, 0) is 0 Å². The monoisotopic (exact) mass is 210 g/mol. The molecule has 4 heteroatoms. The minimum atomic E-state index is 0.582. The van der Waals surface area contributed by atoms with Gasteiger partial charge in [-0.15, -0.1) is 0 Å². The van der Waals surface area contributed by atoms with Crippen LogP contribution in [-0.4, -0.2) is 29.6 Å². The number of methoxy groups -OCH3 is 1. The Balaban J connectivity index is 2.11. The molecule has 2 heterocycles. The average Bonchev–Trinajstić information content (AvgIpc) is 2.10. The van der Waals surface area contributed by atoms with E-state index in [0.29, 0.717) is 11.9 Å². The maximum Gasteiger partial charge on any atom is 0.215 e. The first kappa shape index (κ1) is 9.65. The highest BCUT2D eigenvalue weighted by atomic mass is 32.2. The Hall–Kier alpha value is -0.900. The summed E-state index contributed by atoms with van der Waals surface area (Å²) in [4.78, 5) is 4.33. The van der Waals surface area contributed by atoms with Gasteiger partial charge in [0, 0.05) is 23.6 Å². The van der Waals surface area contributed by atoms with Crippen molar-refractivity contribution in [3.05, 3.63) is 17.7 Å². The average molecular weight is 210 g/mol. The summed E-state index contributed by atoms with van der Waals surface area (Å²) in [5, 5.41) is 3.38. The highest BCUT2D eigenvalue weighted by Crippen LogP contribution is 2.22. The zero-order chi connectivity index (χ0) is 9.97. The molecule has 0 aromatic carbocycles. The maximum absolute atomic E-state index is 5.11. The number of aryl methyl sites for hydroxylation is 1. The van der Waals surface area contributed by atoms with E-state index in [2.05, 4.69) is 10.3 Å². The summed E-state index contributed by atoms with van der Waals surface area (Å²) in [5.74, 6) is 3.96. The molecule has 0 radical (unpaired) electrons. The lowest BCUT2D eigenvalue weighted by atomic mass is 10.3. The first-order valence-corrected chi connectivity index (χ1v) is 5.80. The van der Waals surface area contributed by atoms with Crippen molar-refractivity contribution < 1.29 is 4.74 Å².